The number of morpholine rings is 1. The third-order valence-electron chi connectivity index (χ3n) is 7.68. The summed E-state index contributed by atoms with van der Waals surface area (Å²) in [7, 11) is 3.74. The number of anilines is 2. The molecular formula is C33H34N8O3. The SMILES string of the molecule is COCCc1nccnc1Cn1c(=O)c(C#CC2=C(C)CC=N2)cc2cnc(Nc3ccc(C4CN(C)CCO4)cc3)nc21. The number of allylic oxidation sites excluding steroid dienone is 2. The number of rotatable bonds is 8. The largest absolute Gasteiger partial charge is 0.384 e. The van der Waals surface area contributed by atoms with Gasteiger partial charge in [0.1, 0.15) is 11.3 Å². The van der Waals surface area contributed by atoms with Gasteiger partial charge in [0.2, 0.25) is 5.95 Å². The summed E-state index contributed by atoms with van der Waals surface area (Å²) in [5, 5.41) is 3.96. The zero-order valence-corrected chi connectivity index (χ0v) is 25.1. The molecule has 11 nitrogen and oxygen atoms in total. The highest BCUT2D eigenvalue weighted by Crippen LogP contribution is 2.24. The van der Waals surface area contributed by atoms with Gasteiger partial charge < -0.3 is 19.7 Å². The minimum atomic E-state index is -0.278. The maximum atomic E-state index is 13.9. The fraction of sp³-hybridized carbons (Fsp3) is 0.333. The summed E-state index contributed by atoms with van der Waals surface area (Å²) in [4.78, 5) is 38.9. The third-order valence-corrected chi connectivity index (χ3v) is 7.68. The number of nitrogens with one attached hydrogen (secondary N) is 1. The van der Waals surface area contributed by atoms with Gasteiger partial charge in [0.05, 0.1) is 42.8 Å². The van der Waals surface area contributed by atoms with Gasteiger partial charge in [-0.05, 0) is 49.2 Å². The minimum absolute atomic E-state index is 0.0435. The smallest absolute Gasteiger partial charge is 0.268 e. The maximum Gasteiger partial charge on any atom is 0.268 e. The van der Waals surface area contributed by atoms with E-state index in [1.165, 1.54) is 0 Å². The van der Waals surface area contributed by atoms with Gasteiger partial charge >= 0.3 is 0 Å². The lowest BCUT2D eigenvalue weighted by Gasteiger charge is -2.30. The highest BCUT2D eigenvalue weighted by Gasteiger charge is 2.20. The normalized spacial score (nSPS) is 16.8. The summed E-state index contributed by atoms with van der Waals surface area (Å²) in [5.41, 5.74) is 5.65. The average Bonchev–Trinajstić information content (AvgIpc) is 3.46. The molecule has 1 saturated heterocycles. The molecule has 224 valence electrons. The Kier molecular flexibility index (Phi) is 8.84. The first-order valence-electron chi connectivity index (χ1n) is 14.6. The van der Waals surface area contributed by atoms with E-state index >= 15 is 0 Å². The van der Waals surface area contributed by atoms with E-state index in [2.05, 4.69) is 61.2 Å². The van der Waals surface area contributed by atoms with Crippen LogP contribution in [0.1, 0.15) is 42.0 Å². The van der Waals surface area contributed by atoms with Crippen molar-refractivity contribution in [2.75, 3.05) is 45.8 Å². The molecule has 6 rings (SSSR count). The summed E-state index contributed by atoms with van der Waals surface area (Å²) >= 11 is 0. The number of aliphatic imine (C=N–C) groups is 1. The van der Waals surface area contributed by atoms with E-state index in [9.17, 15) is 4.79 Å². The van der Waals surface area contributed by atoms with E-state index in [1.807, 2.05) is 25.3 Å². The van der Waals surface area contributed by atoms with Crippen LogP contribution in [0.15, 0.2) is 70.0 Å². The fourth-order valence-corrected chi connectivity index (χ4v) is 5.18. The van der Waals surface area contributed by atoms with Crippen molar-refractivity contribution in [1.82, 2.24) is 29.4 Å². The Bertz CT molecular complexity index is 1850. The van der Waals surface area contributed by atoms with Crippen molar-refractivity contribution in [3.05, 3.63) is 93.1 Å². The van der Waals surface area contributed by atoms with Crippen LogP contribution >= 0.6 is 0 Å². The van der Waals surface area contributed by atoms with Crippen LogP contribution in [-0.4, -0.2) is 76.1 Å². The second-order valence-corrected chi connectivity index (χ2v) is 10.9. The van der Waals surface area contributed by atoms with Gasteiger partial charge in [-0.25, -0.2) is 4.98 Å². The Balaban J connectivity index is 1.36. The van der Waals surface area contributed by atoms with E-state index in [-0.39, 0.29) is 18.2 Å². The van der Waals surface area contributed by atoms with E-state index in [0.29, 0.717) is 47.0 Å². The van der Waals surface area contributed by atoms with E-state index in [4.69, 9.17) is 14.5 Å². The number of ether oxygens (including phenoxy) is 2. The van der Waals surface area contributed by atoms with Crippen LogP contribution in [0.2, 0.25) is 0 Å². The molecular weight excluding hydrogens is 556 g/mol. The molecule has 2 aliphatic heterocycles. The predicted molar refractivity (Wildman–Crippen MR) is 169 cm³/mol. The summed E-state index contributed by atoms with van der Waals surface area (Å²) in [5.74, 6) is 6.48. The monoisotopic (exact) mass is 590 g/mol. The van der Waals surface area contributed by atoms with Crippen molar-refractivity contribution in [1.29, 1.82) is 0 Å². The van der Waals surface area contributed by atoms with Gasteiger partial charge in [0, 0.05) is 68.9 Å². The van der Waals surface area contributed by atoms with Crippen molar-refractivity contribution in [2.45, 2.75) is 32.4 Å². The lowest BCUT2D eigenvalue weighted by atomic mass is 10.1. The molecule has 1 atom stereocenters. The second kappa shape index (κ2) is 13.3. The second-order valence-electron chi connectivity index (χ2n) is 10.9. The summed E-state index contributed by atoms with van der Waals surface area (Å²) in [6.07, 6.45) is 8.17. The Labute approximate surface area is 255 Å². The molecule has 0 saturated carbocycles. The van der Waals surface area contributed by atoms with Crippen LogP contribution in [0.5, 0.6) is 0 Å². The quantitative estimate of drug-likeness (QED) is 0.307. The number of hydrogen-bond donors (Lipinski definition) is 1. The molecule has 44 heavy (non-hydrogen) atoms. The Morgan fingerprint density at radius 2 is 1.93 bits per heavy atom. The molecule has 0 aliphatic carbocycles. The van der Waals surface area contributed by atoms with Gasteiger partial charge in [0.25, 0.3) is 5.56 Å². The molecule has 0 bridgehead atoms. The number of methoxy groups -OCH3 is 1. The molecule has 3 aromatic heterocycles. The van der Waals surface area contributed by atoms with Crippen molar-refractivity contribution in [2.24, 2.45) is 4.99 Å². The molecule has 1 fully saturated rings. The molecule has 11 heteroatoms. The highest BCUT2D eigenvalue weighted by molar-refractivity contribution is 5.78. The number of benzene rings is 1. The molecule has 1 aromatic carbocycles. The van der Waals surface area contributed by atoms with Crippen LogP contribution < -0.4 is 10.9 Å². The van der Waals surface area contributed by atoms with Crippen LogP contribution in [0.4, 0.5) is 11.6 Å². The third kappa shape index (κ3) is 6.58. The highest BCUT2D eigenvalue weighted by atomic mass is 16.5. The Morgan fingerprint density at radius 1 is 1.11 bits per heavy atom. The topological polar surface area (TPSA) is 120 Å². The molecule has 2 aliphatic rings. The number of nitrogens with zero attached hydrogens (tertiary/aromatic N) is 7. The van der Waals surface area contributed by atoms with E-state index in [0.717, 1.165) is 48.6 Å². The van der Waals surface area contributed by atoms with Crippen molar-refractivity contribution in [3.63, 3.8) is 0 Å². The van der Waals surface area contributed by atoms with Gasteiger partial charge in [0.15, 0.2) is 0 Å². The number of aromatic nitrogens is 5. The first-order chi connectivity index (χ1) is 21.5. The lowest BCUT2D eigenvalue weighted by molar-refractivity contribution is -0.0208. The van der Waals surface area contributed by atoms with Gasteiger partial charge in [-0.2, -0.15) is 4.98 Å². The molecule has 1 unspecified atom stereocenters. The zero-order chi connectivity index (χ0) is 30.5. The zero-order valence-electron chi connectivity index (χ0n) is 25.1. The van der Waals surface area contributed by atoms with Crippen molar-refractivity contribution < 1.29 is 9.47 Å². The maximum absolute atomic E-state index is 13.9. The Hall–Kier alpha value is -4.76. The summed E-state index contributed by atoms with van der Waals surface area (Å²) < 4.78 is 12.8. The number of fused-ring (bicyclic) bond motifs is 1. The van der Waals surface area contributed by atoms with Gasteiger partial charge in [-0.3, -0.25) is 24.3 Å². The first kappa shape index (κ1) is 29.3. The molecule has 4 aromatic rings. The number of hydrogen-bond acceptors (Lipinski definition) is 10. The first-order valence-corrected chi connectivity index (χ1v) is 14.6. The lowest BCUT2D eigenvalue weighted by Crippen LogP contribution is -2.35. The minimum Gasteiger partial charge on any atom is -0.384 e. The predicted octanol–water partition coefficient (Wildman–Crippen LogP) is 3.67. The van der Waals surface area contributed by atoms with E-state index in [1.54, 1.807) is 36.3 Å². The molecule has 0 amide bonds. The Morgan fingerprint density at radius 3 is 2.68 bits per heavy atom. The van der Waals surface area contributed by atoms with E-state index < -0.39 is 0 Å². The molecule has 0 radical (unpaired) electrons. The summed E-state index contributed by atoms with van der Waals surface area (Å²) in [6.45, 7) is 5.15. The standard InChI is InChI=1S/C33H34N8O3/c1-22-10-12-34-27(22)9-6-24-18-25-19-37-33(38-26-7-4-23(5-8-26)30-21-40(2)15-17-44-30)39-31(25)41(32(24)42)20-29-28(11-16-43-3)35-13-14-36-29/h4-5,7-8,12-14,18-19,30H,10-11,15-17,20-21H2,1-3H3,(H,37,38,39). The van der Waals surface area contributed by atoms with Crippen LogP contribution in [0.3, 0.4) is 0 Å². The number of likely N-dealkylation sites (N-methyl/N-ethyl adjacent to an activating group) is 1. The van der Waals surface area contributed by atoms with Gasteiger partial charge in [-0.1, -0.05) is 18.1 Å². The van der Waals surface area contributed by atoms with Crippen molar-refractivity contribution >= 4 is 28.9 Å². The summed E-state index contributed by atoms with van der Waals surface area (Å²) in [6, 6.07) is 9.80. The molecule has 1 N–H and O–H groups in total. The number of pyridine rings is 1. The van der Waals surface area contributed by atoms with Crippen LogP contribution in [0.25, 0.3) is 11.0 Å². The van der Waals surface area contributed by atoms with Crippen LogP contribution in [-0.2, 0) is 22.4 Å². The van der Waals surface area contributed by atoms with Crippen LogP contribution in [0, 0.1) is 11.8 Å². The average molecular weight is 591 g/mol. The molecule has 5 heterocycles. The van der Waals surface area contributed by atoms with Crippen molar-refractivity contribution in [3.8, 4) is 11.8 Å². The fourth-order valence-electron chi connectivity index (χ4n) is 5.18. The van der Waals surface area contributed by atoms with Gasteiger partial charge in [-0.15, -0.1) is 0 Å². The molecule has 0 spiro atoms.